The van der Waals surface area contributed by atoms with Crippen LogP contribution in [0.3, 0.4) is 0 Å². The minimum Gasteiger partial charge on any atom is -0.488 e. The molecule has 7 heteroatoms. The molecule has 0 aliphatic heterocycles. The minimum absolute atomic E-state index is 0.0594. The van der Waals surface area contributed by atoms with Crippen molar-refractivity contribution in [1.29, 1.82) is 0 Å². The number of guanidine groups is 1. The third-order valence-electron chi connectivity index (χ3n) is 3.99. The molecule has 0 aromatic heterocycles. The van der Waals surface area contributed by atoms with Crippen molar-refractivity contribution in [2.45, 2.75) is 72.3 Å². The van der Waals surface area contributed by atoms with Crippen LogP contribution >= 0.6 is 0 Å². The van der Waals surface area contributed by atoms with Gasteiger partial charge in [-0.3, -0.25) is 0 Å². The molecule has 0 saturated heterocycles. The number of aliphatic imine (C=N–C) groups is 1. The lowest BCUT2D eigenvalue weighted by Crippen LogP contribution is -2.41. The third kappa shape index (κ3) is 8.09. The molecule has 0 heterocycles. The van der Waals surface area contributed by atoms with E-state index in [9.17, 15) is 8.42 Å². The third-order valence-corrected chi connectivity index (χ3v) is 6.59. The van der Waals surface area contributed by atoms with Gasteiger partial charge in [-0.2, -0.15) is 0 Å². The zero-order valence-electron chi connectivity index (χ0n) is 18.6. The van der Waals surface area contributed by atoms with Gasteiger partial charge in [0.2, 0.25) is 0 Å². The standard InChI is InChI=1S/C21H37N3O3S/c1-9-22-19(23-12-13-28(25,26)21(6,7)8)24-15-17-11-10-16(2)14-18(17)27-20(3,4)5/h10-11,14H,9,12-13,15H2,1-8H3,(H2,22,23,24). The highest BCUT2D eigenvalue weighted by Gasteiger charge is 2.28. The molecular formula is C21H37N3O3S. The Bertz CT molecular complexity index is 773. The smallest absolute Gasteiger partial charge is 0.191 e. The molecule has 0 radical (unpaired) electrons. The second kappa shape index (κ2) is 9.63. The van der Waals surface area contributed by atoms with Crippen LogP contribution in [0.25, 0.3) is 0 Å². The van der Waals surface area contributed by atoms with Gasteiger partial charge in [0.15, 0.2) is 15.8 Å². The predicted octanol–water partition coefficient (Wildman–Crippen LogP) is 3.44. The van der Waals surface area contributed by atoms with E-state index in [2.05, 4.69) is 15.6 Å². The van der Waals surface area contributed by atoms with E-state index in [4.69, 9.17) is 4.74 Å². The first-order chi connectivity index (χ1) is 12.7. The Morgan fingerprint density at radius 1 is 1.11 bits per heavy atom. The van der Waals surface area contributed by atoms with Gasteiger partial charge in [0.1, 0.15) is 11.4 Å². The summed E-state index contributed by atoms with van der Waals surface area (Å²) in [5.74, 6) is 1.47. The summed E-state index contributed by atoms with van der Waals surface area (Å²) in [6.07, 6.45) is 0. The first-order valence-corrected chi connectivity index (χ1v) is 11.4. The Morgan fingerprint density at radius 3 is 2.29 bits per heavy atom. The van der Waals surface area contributed by atoms with Crippen LogP contribution in [0.5, 0.6) is 5.75 Å². The maximum absolute atomic E-state index is 12.3. The first kappa shape index (κ1) is 24.3. The molecular weight excluding hydrogens is 374 g/mol. The van der Waals surface area contributed by atoms with Crippen molar-refractivity contribution >= 4 is 15.8 Å². The molecule has 0 unspecified atom stereocenters. The van der Waals surface area contributed by atoms with Gasteiger partial charge in [-0.25, -0.2) is 13.4 Å². The highest BCUT2D eigenvalue weighted by molar-refractivity contribution is 7.92. The fourth-order valence-electron chi connectivity index (χ4n) is 2.33. The van der Waals surface area contributed by atoms with Crippen LogP contribution in [0.4, 0.5) is 0 Å². The van der Waals surface area contributed by atoms with Crippen molar-refractivity contribution in [2.75, 3.05) is 18.8 Å². The van der Waals surface area contributed by atoms with E-state index in [0.29, 0.717) is 25.6 Å². The number of hydrogen-bond acceptors (Lipinski definition) is 4. The maximum Gasteiger partial charge on any atom is 0.191 e. The summed E-state index contributed by atoms with van der Waals surface area (Å²) in [7, 11) is -3.17. The Hall–Kier alpha value is -1.76. The van der Waals surface area contributed by atoms with E-state index in [1.54, 1.807) is 20.8 Å². The van der Waals surface area contributed by atoms with Crippen molar-refractivity contribution in [3.8, 4) is 5.75 Å². The van der Waals surface area contributed by atoms with E-state index >= 15 is 0 Å². The fourth-order valence-corrected chi connectivity index (χ4v) is 3.32. The fraction of sp³-hybridized carbons (Fsp3) is 0.667. The molecule has 0 atom stereocenters. The summed E-state index contributed by atoms with van der Waals surface area (Å²) in [6.45, 7) is 16.7. The van der Waals surface area contributed by atoms with Gasteiger partial charge >= 0.3 is 0 Å². The van der Waals surface area contributed by atoms with E-state index in [-0.39, 0.29) is 11.4 Å². The van der Waals surface area contributed by atoms with Gasteiger partial charge in [0.25, 0.3) is 0 Å². The Balaban J connectivity index is 2.88. The van der Waals surface area contributed by atoms with Gasteiger partial charge in [-0.15, -0.1) is 0 Å². The Kier molecular flexibility index (Phi) is 8.35. The van der Waals surface area contributed by atoms with E-state index in [1.165, 1.54) is 0 Å². The molecule has 6 nitrogen and oxygen atoms in total. The second-order valence-corrected chi connectivity index (χ2v) is 11.7. The molecule has 160 valence electrons. The summed E-state index contributed by atoms with van der Waals surface area (Å²) in [5.41, 5.74) is 1.82. The number of ether oxygens (including phenoxy) is 1. The summed E-state index contributed by atoms with van der Waals surface area (Å²) in [6, 6.07) is 6.08. The van der Waals surface area contributed by atoms with Crippen LogP contribution in [0, 0.1) is 6.92 Å². The molecule has 1 aromatic rings. The lowest BCUT2D eigenvalue weighted by molar-refractivity contribution is 0.129. The molecule has 2 N–H and O–H groups in total. The van der Waals surface area contributed by atoms with Gasteiger partial charge in [0, 0.05) is 18.7 Å². The molecule has 0 spiro atoms. The maximum atomic E-state index is 12.3. The largest absolute Gasteiger partial charge is 0.488 e. The zero-order valence-corrected chi connectivity index (χ0v) is 19.5. The van der Waals surface area contributed by atoms with Gasteiger partial charge in [-0.05, 0) is 67.0 Å². The number of benzene rings is 1. The van der Waals surface area contributed by atoms with Crippen LogP contribution in [0.2, 0.25) is 0 Å². The van der Waals surface area contributed by atoms with Gasteiger partial charge < -0.3 is 15.4 Å². The lowest BCUT2D eigenvalue weighted by Gasteiger charge is -2.23. The molecule has 28 heavy (non-hydrogen) atoms. The van der Waals surface area contributed by atoms with E-state index in [0.717, 1.165) is 16.9 Å². The topological polar surface area (TPSA) is 79.8 Å². The molecule has 0 amide bonds. The van der Waals surface area contributed by atoms with Gasteiger partial charge in [-0.1, -0.05) is 12.1 Å². The molecule has 0 aliphatic carbocycles. The number of aryl methyl sites for hydroxylation is 1. The SMILES string of the molecule is CCNC(=NCc1ccc(C)cc1OC(C)(C)C)NCCS(=O)(=O)C(C)(C)C. The van der Waals surface area contributed by atoms with E-state index in [1.807, 2.05) is 52.8 Å². The number of nitrogens with zero attached hydrogens (tertiary/aromatic N) is 1. The van der Waals surface area contributed by atoms with Crippen molar-refractivity contribution in [2.24, 2.45) is 4.99 Å². The van der Waals surface area contributed by atoms with E-state index < -0.39 is 14.6 Å². The van der Waals surface area contributed by atoms with Crippen LogP contribution in [-0.2, 0) is 16.4 Å². The summed E-state index contributed by atoms with van der Waals surface area (Å²) in [4.78, 5) is 4.61. The normalized spacial score (nSPS) is 13.4. The average Bonchev–Trinajstić information content (AvgIpc) is 2.51. The zero-order chi connectivity index (χ0) is 21.6. The Morgan fingerprint density at radius 2 is 1.75 bits per heavy atom. The van der Waals surface area contributed by atoms with Crippen molar-refractivity contribution in [3.05, 3.63) is 29.3 Å². The average molecular weight is 412 g/mol. The van der Waals surface area contributed by atoms with Crippen LogP contribution in [0.15, 0.2) is 23.2 Å². The molecule has 0 saturated carbocycles. The lowest BCUT2D eigenvalue weighted by atomic mass is 10.1. The molecule has 1 aromatic carbocycles. The molecule has 0 bridgehead atoms. The Labute approximate surface area is 171 Å². The van der Waals surface area contributed by atoms with Crippen molar-refractivity contribution in [1.82, 2.24) is 10.6 Å². The minimum atomic E-state index is -3.17. The number of hydrogen-bond donors (Lipinski definition) is 2. The van der Waals surface area contributed by atoms with Crippen molar-refractivity contribution < 1.29 is 13.2 Å². The van der Waals surface area contributed by atoms with Crippen LogP contribution < -0.4 is 15.4 Å². The molecule has 0 fully saturated rings. The number of nitrogens with one attached hydrogen (secondary N) is 2. The van der Waals surface area contributed by atoms with Crippen LogP contribution in [-0.4, -0.2) is 43.6 Å². The molecule has 0 aliphatic rings. The van der Waals surface area contributed by atoms with Crippen LogP contribution in [0.1, 0.15) is 59.6 Å². The summed E-state index contributed by atoms with van der Waals surface area (Å²) in [5, 5.41) is 6.28. The number of rotatable bonds is 7. The first-order valence-electron chi connectivity index (χ1n) is 9.78. The second-order valence-electron chi connectivity index (χ2n) is 8.88. The summed E-state index contributed by atoms with van der Waals surface area (Å²) >= 11 is 0. The van der Waals surface area contributed by atoms with Gasteiger partial charge in [0.05, 0.1) is 17.0 Å². The summed E-state index contributed by atoms with van der Waals surface area (Å²) < 4.78 is 29.8. The molecule has 1 rings (SSSR count). The monoisotopic (exact) mass is 411 g/mol. The quantitative estimate of drug-likeness (QED) is 0.531. The van der Waals surface area contributed by atoms with Crippen molar-refractivity contribution in [3.63, 3.8) is 0 Å². The highest BCUT2D eigenvalue weighted by Crippen LogP contribution is 2.25. The number of sulfone groups is 1. The highest BCUT2D eigenvalue weighted by atomic mass is 32.2. The predicted molar refractivity (Wildman–Crippen MR) is 118 cm³/mol.